The van der Waals surface area contributed by atoms with E-state index in [0.29, 0.717) is 23.7 Å². The van der Waals surface area contributed by atoms with Crippen LogP contribution in [0.15, 0.2) is 52.3 Å². The second-order valence-electron chi connectivity index (χ2n) is 4.58. The third kappa shape index (κ3) is 2.59. The summed E-state index contributed by atoms with van der Waals surface area (Å²) in [7, 11) is -3.69. The van der Waals surface area contributed by atoms with Crippen molar-refractivity contribution in [3.8, 4) is 0 Å². The van der Waals surface area contributed by atoms with Gasteiger partial charge in [0.25, 0.3) is 10.0 Å². The normalized spacial score (nSPS) is 14.8. The highest BCUT2D eigenvalue weighted by molar-refractivity contribution is 8.00. The SMILES string of the molecule is Nc1ccc(S(=O)(=O)N2CCSc3ccccc32)c(Cl)c1. The van der Waals surface area contributed by atoms with Crippen molar-refractivity contribution in [3.63, 3.8) is 0 Å². The molecule has 0 saturated heterocycles. The van der Waals surface area contributed by atoms with Gasteiger partial charge in [0.15, 0.2) is 0 Å². The molecular formula is C14H13ClN2O2S2. The number of fused-ring (bicyclic) bond motifs is 1. The van der Waals surface area contributed by atoms with Gasteiger partial charge in [-0.15, -0.1) is 11.8 Å². The molecule has 0 unspecified atom stereocenters. The summed E-state index contributed by atoms with van der Waals surface area (Å²) in [6.45, 7) is 0.421. The average molecular weight is 341 g/mol. The number of thioether (sulfide) groups is 1. The number of benzene rings is 2. The zero-order valence-electron chi connectivity index (χ0n) is 11.0. The lowest BCUT2D eigenvalue weighted by Gasteiger charge is -2.30. The van der Waals surface area contributed by atoms with Crippen molar-refractivity contribution < 1.29 is 8.42 Å². The summed E-state index contributed by atoms with van der Waals surface area (Å²) in [4.78, 5) is 1.04. The van der Waals surface area contributed by atoms with E-state index in [-0.39, 0.29) is 9.92 Å². The molecule has 0 bridgehead atoms. The lowest BCUT2D eigenvalue weighted by atomic mass is 10.3. The van der Waals surface area contributed by atoms with Crippen LogP contribution in [0.3, 0.4) is 0 Å². The quantitative estimate of drug-likeness (QED) is 0.852. The number of para-hydroxylation sites is 1. The Labute approximate surface area is 132 Å². The van der Waals surface area contributed by atoms with E-state index in [0.717, 1.165) is 4.90 Å². The maximum absolute atomic E-state index is 12.9. The molecular weight excluding hydrogens is 328 g/mol. The minimum absolute atomic E-state index is 0.0834. The third-order valence-corrected chi connectivity index (χ3v) is 6.55. The number of hydrogen-bond donors (Lipinski definition) is 1. The molecule has 0 fully saturated rings. The minimum Gasteiger partial charge on any atom is -0.399 e. The Morgan fingerprint density at radius 1 is 1.19 bits per heavy atom. The maximum Gasteiger partial charge on any atom is 0.265 e. The van der Waals surface area contributed by atoms with Crippen LogP contribution in [0.1, 0.15) is 0 Å². The van der Waals surface area contributed by atoms with Crippen LogP contribution in [0.25, 0.3) is 0 Å². The maximum atomic E-state index is 12.9. The molecule has 4 nitrogen and oxygen atoms in total. The second kappa shape index (κ2) is 5.44. The van der Waals surface area contributed by atoms with Gasteiger partial charge in [0.1, 0.15) is 4.90 Å². The summed E-state index contributed by atoms with van der Waals surface area (Å²) in [5.74, 6) is 0.711. The Kier molecular flexibility index (Phi) is 3.77. The molecule has 1 aliphatic heterocycles. The van der Waals surface area contributed by atoms with Crippen molar-refractivity contribution in [2.75, 3.05) is 22.3 Å². The molecule has 2 N–H and O–H groups in total. The summed E-state index contributed by atoms with van der Waals surface area (Å²) in [6.07, 6.45) is 0. The highest BCUT2D eigenvalue weighted by Crippen LogP contribution is 2.38. The van der Waals surface area contributed by atoms with Gasteiger partial charge in [0, 0.05) is 22.9 Å². The number of nitrogens with zero attached hydrogens (tertiary/aromatic N) is 1. The first-order chi connectivity index (χ1) is 10.00. The molecule has 110 valence electrons. The smallest absolute Gasteiger partial charge is 0.265 e. The number of nitrogens with two attached hydrogens (primary N) is 1. The zero-order chi connectivity index (χ0) is 15.0. The minimum atomic E-state index is -3.69. The first kappa shape index (κ1) is 14.6. The molecule has 0 saturated carbocycles. The molecule has 2 aromatic rings. The van der Waals surface area contributed by atoms with Crippen molar-refractivity contribution in [1.29, 1.82) is 0 Å². The second-order valence-corrected chi connectivity index (χ2v) is 7.96. The number of rotatable bonds is 2. The van der Waals surface area contributed by atoms with Crippen LogP contribution in [0.4, 0.5) is 11.4 Å². The molecule has 2 aromatic carbocycles. The van der Waals surface area contributed by atoms with E-state index >= 15 is 0 Å². The third-order valence-electron chi connectivity index (χ3n) is 3.21. The van der Waals surface area contributed by atoms with Crippen molar-refractivity contribution in [2.24, 2.45) is 0 Å². The zero-order valence-corrected chi connectivity index (χ0v) is 13.4. The molecule has 0 atom stereocenters. The van der Waals surface area contributed by atoms with Crippen LogP contribution in [0, 0.1) is 0 Å². The Balaban J connectivity index is 2.12. The Morgan fingerprint density at radius 3 is 2.71 bits per heavy atom. The van der Waals surface area contributed by atoms with Gasteiger partial charge in [0.2, 0.25) is 0 Å². The predicted molar refractivity (Wildman–Crippen MR) is 87.6 cm³/mol. The van der Waals surface area contributed by atoms with Gasteiger partial charge in [-0.3, -0.25) is 4.31 Å². The topological polar surface area (TPSA) is 63.4 Å². The lowest BCUT2D eigenvalue weighted by molar-refractivity contribution is 0.591. The van der Waals surface area contributed by atoms with Crippen molar-refractivity contribution in [3.05, 3.63) is 47.5 Å². The fourth-order valence-electron chi connectivity index (χ4n) is 2.24. The first-order valence-electron chi connectivity index (χ1n) is 6.30. The molecule has 0 radical (unpaired) electrons. The highest BCUT2D eigenvalue weighted by Gasteiger charge is 2.30. The molecule has 3 rings (SSSR count). The van der Waals surface area contributed by atoms with E-state index in [2.05, 4.69) is 0 Å². The summed E-state index contributed by atoms with van der Waals surface area (Å²) in [5.41, 5.74) is 6.76. The van der Waals surface area contributed by atoms with E-state index in [1.807, 2.05) is 24.3 Å². The van der Waals surface area contributed by atoms with Gasteiger partial charge in [0.05, 0.1) is 10.7 Å². The molecule has 0 amide bonds. The standard InChI is InChI=1S/C14H13ClN2O2S2/c15-11-9-10(16)5-6-14(11)21(18,19)17-7-8-20-13-4-2-1-3-12(13)17/h1-6,9H,7-8,16H2. The molecule has 0 aromatic heterocycles. The van der Waals surface area contributed by atoms with E-state index in [9.17, 15) is 8.42 Å². The summed E-state index contributed by atoms with van der Waals surface area (Å²) < 4.78 is 27.2. The molecule has 1 heterocycles. The summed E-state index contributed by atoms with van der Waals surface area (Å²) >= 11 is 7.72. The van der Waals surface area contributed by atoms with Gasteiger partial charge in [-0.05, 0) is 30.3 Å². The van der Waals surface area contributed by atoms with Crippen LogP contribution in [-0.4, -0.2) is 20.7 Å². The fourth-order valence-corrected chi connectivity index (χ4v) is 5.42. The van der Waals surface area contributed by atoms with Crippen LogP contribution in [0.5, 0.6) is 0 Å². The van der Waals surface area contributed by atoms with Gasteiger partial charge >= 0.3 is 0 Å². The average Bonchev–Trinajstić information content (AvgIpc) is 2.46. The Morgan fingerprint density at radius 2 is 1.95 bits per heavy atom. The number of halogens is 1. The molecule has 0 spiro atoms. The van der Waals surface area contributed by atoms with Crippen molar-refractivity contribution in [1.82, 2.24) is 0 Å². The number of hydrogen-bond acceptors (Lipinski definition) is 4. The van der Waals surface area contributed by atoms with E-state index < -0.39 is 10.0 Å². The van der Waals surface area contributed by atoms with Crippen LogP contribution in [-0.2, 0) is 10.0 Å². The Bertz CT molecular complexity index is 793. The van der Waals surface area contributed by atoms with Gasteiger partial charge in [-0.2, -0.15) is 0 Å². The fraction of sp³-hybridized carbons (Fsp3) is 0.143. The largest absolute Gasteiger partial charge is 0.399 e. The van der Waals surface area contributed by atoms with Gasteiger partial charge < -0.3 is 5.73 Å². The van der Waals surface area contributed by atoms with Gasteiger partial charge in [-0.25, -0.2) is 8.42 Å². The molecule has 0 aliphatic carbocycles. The monoisotopic (exact) mass is 340 g/mol. The molecule has 21 heavy (non-hydrogen) atoms. The van der Waals surface area contributed by atoms with E-state index in [1.165, 1.54) is 16.4 Å². The first-order valence-corrected chi connectivity index (χ1v) is 9.10. The molecule has 1 aliphatic rings. The highest BCUT2D eigenvalue weighted by atomic mass is 35.5. The summed E-state index contributed by atoms with van der Waals surface area (Å²) in [6, 6.07) is 11.9. The van der Waals surface area contributed by atoms with E-state index in [1.54, 1.807) is 17.8 Å². The van der Waals surface area contributed by atoms with E-state index in [4.69, 9.17) is 17.3 Å². The lowest BCUT2D eigenvalue weighted by Crippen LogP contribution is -2.35. The molecule has 7 heteroatoms. The van der Waals surface area contributed by atoms with Crippen LogP contribution >= 0.6 is 23.4 Å². The van der Waals surface area contributed by atoms with Gasteiger partial charge in [-0.1, -0.05) is 23.7 Å². The van der Waals surface area contributed by atoms with Crippen molar-refractivity contribution >= 4 is 44.8 Å². The summed E-state index contributed by atoms with van der Waals surface area (Å²) in [5, 5.41) is 0.144. The van der Waals surface area contributed by atoms with Crippen LogP contribution in [0.2, 0.25) is 5.02 Å². The number of anilines is 2. The Hall–Kier alpha value is -1.37. The number of sulfonamides is 1. The van der Waals surface area contributed by atoms with Crippen molar-refractivity contribution in [2.45, 2.75) is 9.79 Å². The van der Waals surface area contributed by atoms with Crippen LogP contribution < -0.4 is 10.0 Å². The number of nitrogen functional groups attached to an aromatic ring is 1. The predicted octanol–water partition coefficient (Wildman–Crippen LogP) is 3.22.